The van der Waals surface area contributed by atoms with Crippen molar-refractivity contribution in [2.24, 2.45) is 0 Å². The van der Waals surface area contributed by atoms with Gasteiger partial charge in [0.25, 0.3) is 0 Å². The molecule has 0 radical (unpaired) electrons. The van der Waals surface area contributed by atoms with Crippen molar-refractivity contribution in [3.8, 4) is 11.5 Å². The van der Waals surface area contributed by atoms with Gasteiger partial charge in [-0.2, -0.15) is 0 Å². The molecule has 0 aliphatic carbocycles. The minimum absolute atomic E-state index is 0.000347. The fourth-order valence-corrected chi connectivity index (χ4v) is 3.31. The van der Waals surface area contributed by atoms with Gasteiger partial charge in [0.15, 0.2) is 12.4 Å². The molecule has 0 unspecified atom stereocenters. The van der Waals surface area contributed by atoms with Gasteiger partial charge in [0.1, 0.15) is 15.8 Å². The molecule has 0 aromatic heterocycles. The normalized spacial score (nSPS) is 10.7. The van der Waals surface area contributed by atoms with Gasteiger partial charge in [-0.25, -0.2) is 4.79 Å². The maximum Gasteiger partial charge on any atom is 0.349 e. The van der Waals surface area contributed by atoms with Crippen LogP contribution in [0.5, 0.6) is 11.5 Å². The first-order valence-electron chi connectivity index (χ1n) is 6.75. The van der Waals surface area contributed by atoms with E-state index in [9.17, 15) is 4.79 Å². The average Bonchev–Trinajstić information content (AvgIpc) is 2.56. The second kappa shape index (κ2) is 8.43. The molecule has 9 heteroatoms. The van der Waals surface area contributed by atoms with E-state index in [4.69, 9.17) is 79.1 Å². The lowest BCUT2D eigenvalue weighted by molar-refractivity contribution is -0.136. The molecule has 0 saturated carbocycles. The molecule has 0 heterocycles. The maximum atomic E-state index is 12.0. The summed E-state index contributed by atoms with van der Waals surface area (Å²) in [7, 11) is 0. The highest BCUT2D eigenvalue weighted by atomic mass is 35.5. The highest BCUT2D eigenvalue weighted by Gasteiger charge is 2.21. The summed E-state index contributed by atoms with van der Waals surface area (Å²) >= 11 is 35.9. The summed E-state index contributed by atoms with van der Waals surface area (Å²) in [6.45, 7) is 3.15. The van der Waals surface area contributed by atoms with E-state index in [1.807, 2.05) is 0 Å². The summed E-state index contributed by atoms with van der Waals surface area (Å²) in [5.41, 5.74) is 1.57. The first kappa shape index (κ1) is 20.8. The molecule has 0 fully saturated rings. The Labute approximate surface area is 174 Å². The Morgan fingerprint density at radius 3 is 1.72 bits per heavy atom. The zero-order valence-electron chi connectivity index (χ0n) is 12.9. The number of rotatable bonds is 4. The van der Waals surface area contributed by atoms with E-state index < -0.39 is 12.6 Å². The van der Waals surface area contributed by atoms with Crippen LogP contribution in [0.15, 0.2) is 12.1 Å². The topological polar surface area (TPSA) is 35.5 Å². The average molecular weight is 463 g/mol. The minimum atomic E-state index is -0.671. The Kier molecular flexibility index (Phi) is 7.00. The Balaban J connectivity index is 2.14. The summed E-state index contributed by atoms with van der Waals surface area (Å²) in [5.74, 6) is -0.379. The van der Waals surface area contributed by atoms with Crippen molar-refractivity contribution in [3.05, 3.63) is 53.4 Å². The standard InChI is InChI=1S/C16H10Cl6O3/c1-6-3-8(4-7(2)10(6)17)25-9(23)5-24-16-14(21)12(19)11(18)13(20)15(16)22/h3-4H,5H2,1-2H3. The second-order valence-corrected chi connectivity index (χ2v) is 7.30. The second-order valence-electron chi connectivity index (χ2n) is 5.03. The van der Waals surface area contributed by atoms with Gasteiger partial charge in [-0.1, -0.05) is 69.6 Å². The number of halogens is 6. The SMILES string of the molecule is Cc1cc(OC(=O)COc2c(Cl)c(Cl)c(Cl)c(Cl)c2Cl)cc(C)c1Cl. The van der Waals surface area contributed by atoms with Crippen molar-refractivity contribution in [3.63, 3.8) is 0 Å². The largest absolute Gasteiger partial charge is 0.479 e. The molecule has 0 atom stereocenters. The van der Waals surface area contributed by atoms with Crippen molar-refractivity contribution in [2.45, 2.75) is 13.8 Å². The first-order chi connectivity index (χ1) is 11.6. The molecule has 2 rings (SSSR count). The van der Waals surface area contributed by atoms with Gasteiger partial charge in [-0.15, -0.1) is 0 Å². The summed E-state index contributed by atoms with van der Waals surface area (Å²) in [6.07, 6.45) is 0. The van der Waals surface area contributed by atoms with Crippen molar-refractivity contribution < 1.29 is 14.3 Å². The molecule has 3 nitrogen and oxygen atoms in total. The molecule has 2 aromatic rings. The van der Waals surface area contributed by atoms with Crippen LogP contribution in [-0.2, 0) is 4.79 Å². The molecule has 25 heavy (non-hydrogen) atoms. The number of hydrogen-bond acceptors (Lipinski definition) is 3. The molecule has 134 valence electrons. The summed E-state index contributed by atoms with van der Waals surface area (Å²) in [5, 5.41) is 0.467. The van der Waals surface area contributed by atoms with Gasteiger partial charge in [0.05, 0.1) is 15.1 Å². The van der Waals surface area contributed by atoms with Crippen molar-refractivity contribution >= 4 is 75.6 Å². The van der Waals surface area contributed by atoms with Crippen molar-refractivity contribution in [1.29, 1.82) is 0 Å². The number of benzene rings is 2. The fraction of sp³-hybridized carbons (Fsp3) is 0.188. The molecule has 0 spiro atoms. The van der Waals surface area contributed by atoms with Crippen LogP contribution >= 0.6 is 69.6 Å². The van der Waals surface area contributed by atoms with Crippen LogP contribution in [0.3, 0.4) is 0 Å². The number of aryl methyl sites for hydroxylation is 2. The van der Waals surface area contributed by atoms with Gasteiger partial charge < -0.3 is 9.47 Å². The Morgan fingerprint density at radius 1 is 0.800 bits per heavy atom. The fourth-order valence-electron chi connectivity index (χ4n) is 1.97. The van der Waals surface area contributed by atoms with E-state index in [0.29, 0.717) is 10.8 Å². The van der Waals surface area contributed by atoms with Crippen LogP contribution in [0.25, 0.3) is 0 Å². The summed E-state index contributed by atoms with van der Waals surface area (Å²) in [4.78, 5) is 12.0. The summed E-state index contributed by atoms with van der Waals surface area (Å²) < 4.78 is 10.5. The van der Waals surface area contributed by atoms with Gasteiger partial charge in [0.2, 0.25) is 0 Å². The highest BCUT2D eigenvalue weighted by Crippen LogP contribution is 2.48. The third-order valence-corrected chi connectivity index (χ3v) is 5.98. The Bertz CT molecular complexity index is 798. The number of carbonyl (C=O) groups is 1. The number of hydrogen-bond donors (Lipinski definition) is 0. The lowest BCUT2D eigenvalue weighted by atomic mass is 10.1. The van der Waals surface area contributed by atoms with E-state index in [2.05, 4.69) is 0 Å². The van der Waals surface area contributed by atoms with Crippen LogP contribution in [0.2, 0.25) is 30.1 Å². The van der Waals surface area contributed by atoms with Gasteiger partial charge >= 0.3 is 5.97 Å². The lowest BCUT2D eigenvalue weighted by Crippen LogP contribution is -2.18. The van der Waals surface area contributed by atoms with Crippen LogP contribution in [0, 0.1) is 13.8 Å². The third kappa shape index (κ3) is 4.60. The smallest absolute Gasteiger partial charge is 0.349 e. The molecule has 2 aromatic carbocycles. The van der Waals surface area contributed by atoms with E-state index in [1.54, 1.807) is 26.0 Å². The summed E-state index contributed by atoms with van der Waals surface area (Å²) in [6, 6.07) is 3.28. The third-order valence-electron chi connectivity index (χ3n) is 3.15. The molecule has 0 aliphatic rings. The highest BCUT2D eigenvalue weighted by molar-refractivity contribution is 6.55. The van der Waals surface area contributed by atoms with E-state index in [1.165, 1.54) is 0 Å². The van der Waals surface area contributed by atoms with Crippen molar-refractivity contribution in [2.75, 3.05) is 6.61 Å². The van der Waals surface area contributed by atoms with Crippen molar-refractivity contribution in [1.82, 2.24) is 0 Å². The maximum absolute atomic E-state index is 12.0. The quantitative estimate of drug-likeness (QED) is 0.208. The van der Waals surface area contributed by atoms with Crippen LogP contribution < -0.4 is 9.47 Å². The van der Waals surface area contributed by atoms with E-state index in [0.717, 1.165) is 11.1 Å². The van der Waals surface area contributed by atoms with Gasteiger partial charge in [-0.3, -0.25) is 0 Å². The van der Waals surface area contributed by atoms with Gasteiger partial charge in [-0.05, 0) is 37.1 Å². The molecule has 0 N–H and O–H groups in total. The number of esters is 1. The monoisotopic (exact) mass is 460 g/mol. The molecule has 0 aliphatic heterocycles. The number of carbonyl (C=O) groups excluding carboxylic acids is 1. The molecular formula is C16H10Cl6O3. The van der Waals surface area contributed by atoms with Crippen LogP contribution in [0.4, 0.5) is 0 Å². The number of ether oxygens (including phenoxy) is 2. The van der Waals surface area contributed by atoms with E-state index >= 15 is 0 Å². The Hall–Kier alpha value is -0.550. The Morgan fingerprint density at radius 2 is 1.24 bits per heavy atom. The zero-order chi connectivity index (χ0) is 18.9. The van der Waals surface area contributed by atoms with Crippen LogP contribution in [0.1, 0.15) is 11.1 Å². The zero-order valence-corrected chi connectivity index (χ0v) is 17.4. The molecule has 0 saturated heterocycles. The first-order valence-corrected chi connectivity index (χ1v) is 9.02. The molecule has 0 bridgehead atoms. The predicted molar refractivity (Wildman–Crippen MR) is 104 cm³/mol. The minimum Gasteiger partial charge on any atom is -0.479 e. The molecule has 0 amide bonds. The lowest BCUT2D eigenvalue weighted by Gasteiger charge is -2.13. The van der Waals surface area contributed by atoms with E-state index in [-0.39, 0.29) is 30.9 Å². The van der Waals surface area contributed by atoms with Gasteiger partial charge in [0, 0.05) is 5.02 Å². The molecular weight excluding hydrogens is 453 g/mol. The van der Waals surface area contributed by atoms with Crippen LogP contribution in [-0.4, -0.2) is 12.6 Å². The predicted octanol–water partition coefficient (Wildman–Crippen LogP) is 7.21.